The van der Waals surface area contributed by atoms with Crippen molar-refractivity contribution in [1.29, 1.82) is 0 Å². The summed E-state index contributed by atoms with van der Waals surface area (Å²) in [6.45, 7) is 1.92. The average Bonchev–Trinajstić information content (AvgIpc) is 3.04. The summed E-state index contributed by atoms with van der Waals surface area (Å²) in [5.74, 6) is 0.0186. The molecule has 7 heteroatoms. The lowest BCUT2D eigenvalue weighted by molar-refractivity contribution is -0.117. The second-order valence-corrected chi connectivity index (χ2v) is 7.05. The van der Waals surface area contributed by atoms with Gasteiger partial charge in [0, 0.05) is 5.39 Å². The number of phenols is 1. The zero-order valence-corrected chi connectivity index (χ0v) is 15.4. The van der Waals surface area contributed by atoms with E-state index in [0.29, 0.717) is 11.6 Å². The Bertz CT molecular complexity index is 1020. The highest BCUT2D eigenvalue weighted by molar-refractivity contribution is 5.97. The van der Waals surface area contributed by atoms with Gasteiger partial charge in [0.1, 0.15) is 5.75 Å². The number of fused-ring (bicyclic) bond motifs is 1. The normalized spacial score (nSPS) is 15.4. The van der Waals surface area contributed by atoms with Crippen molar-refractivity contribution in [3.63, 3.8) is 0 Å². The van der Waals surface area contributed by atoms with E-state index >= 15 is 0 Å². The molecule has 0 saturated carbocycles. The molecular formula is C21H22N4O3. The molecule has 0 spiro atoms. The predicted molar refractivity (Wildman–Crippen MR) is 106 cm³/mol. The fourth-order valence-corrected chi connectivity index (χ4v) is 3.74. The standard InChI is InChI=1S/C21H22N4O3/c26-15-6-4-13(5-7-15)12-18(27)24-25-20-19-16(14-8-10-22-11-9-14)2-1-3-17(19)23-21(20)28/h1-7,14,22-23,26,28H,8-12H2. The third-order valence-corrected chi connectivity index (χ3v) is 5.14. The SMILES string of the molecule is O=C(Cc1ccc(O)cc1)N=Nc1c(O)[nH]c2cccc(C3CCNCC3)c12. The van der Waals surface area contributed by atoms with E-state index in [4.69, 9.17) is 0 Å². The van der Waals surface area contributed by atoms with Crippen LogP contribution in [-0.4, -0.2) is 34.2 Å². The second-order valence-electron chi connectivity index (χ2n) is 7.05. The molecule has 144 valence electrons. The van der Waals surface area contributed by atoms with Crippen LogP contribution in [0.4, 0.5) is 5.69 Å². The first kappa shape index (κ1) is 18.2. The molecule has 28 heavy (non-hydrogen) atoms. The van der Waals surface area contributed by atoms with Gasteiger partial charge in [-0.2, -0.15) is 0 Å². The number of carbonyl (C=O) groups is 1. The number of hydrogen-bond acceptors (Lipinski definition) is 5. The molecule has 1 aliphatic rings. The molecule has 1 aromatic heterocycles. The highest BCUT2D eigenvalue weighted by atomic mass is 16.3. The number of hydrogen-bond donors (Lipinski definition) is 4. The molecule has 0 atom stereocenters. The van der Waals surface area contributed by atoms with E-state index in [1.165, 1.54) is 12.1 Å². The number of carbonyl (C=O) groups excluding carboxylic acids is 1. The van der Waals surface area contributed by atoms with Gasteiger partial charge < -0.3 is 20.5 Å². The smallest absolute Gasteiger partial charge is 0.269 e. The Hall–Kier alpha value is -3.19. The molecule has 1 aliphatic heterocycles. The van der Waals surface area contributed by atoms with Crippen LogP contribution >= 0.6 is 0 Å². The Morgan fingerprint density at radius 2 is 1.82 bits per heavy atom. The summed E-state index contributed by atoms with van der Waals surface area (Å²) in [7, 11) is 0. The highest BCUT2D eigenvalue weighted by Crippen LogP contribution is 2.41. The number of rotatable bonds is 4. The van der Waals surface area contributed by atoms with Crippen molar-refractivity contribution in [2.24, 2.45) is 10.2 Å². The van der Waals surface area contributed by atoms with Gasteiger partial charge in [-0.3, -0.25) is 4.79 Å². The molecule has 0 unspecified atom stereocenters. The van der Waals surface area contributed by atoms with Crippen molar-refractivity contribution in [3.8, 4) is 11.6 Å². The minimum Gasteiger partial charge on any atom is -0.508 e. The summed E-state index contributed by atoms with van der Waals surface area (Å²) >= 11 is 0. The van der Waals surface area contributed by atoms with Crippen molar-refractivity contribution in [2.75, 3.05) is 13.1 Å². The molecular weight excluding hydrogens is 356 g/mol. The Balaban J connectivity index is 1.62. The molecule has 1 saturated heterocycles. The van der Waals surface area contributed by atoms with Crippen LogP contribution in [0.15, 0.2) is 52.7 Å². The molecule has 0 bridgehead atoms. The van der Waals surface area contributed by atoms with Crippen LogP contribution in [0.5, 0.6) is 11.6 Å². The molecule has 0 radical (unpaired) electrons. The van der Waals surface area contributed by atoms with Crippen LogP contribution in [0.1, 0.15) is 29.9 Å². The van der Waals surface area contributed by atoms with E-state index in [-0.39, 0.29) is 18.1 Å². The molecule has 4 N–H and O–H groups in total. The maximum Gasteiger partial charge on any atom is 0.269 e. The molecule has 1 amide bonds. The van der Waals surface area contributed by atoms with Crippen molar-refractivity contribution >= 4 is 22.5 Å². The van der Waals surface area contributed by atoms with Crippen molar-refractivity contribution in [2.45, 2.75) is 25.2 Å². The number of amides is 1. The summed E-state index contributed by atoms with van der Waals surface area (Å²) in [6, 6.07) is 12.3. The van der Waals surface area contributed by atoms with E-state index in [1.807, 2.05) is 12.1 Å². The van der Waals surface area contributed by atoms with Crippen LogP contribution in [0.2, 0.25) is 0 Å². The first-order chi connectivity index (χ1) is 13.6. The summed E-state index contributed by atoms with van der Waals surface area (Å²) in [5.41, 5.74) is 2.95. The number of azo groups is 1. The maximum absolute atomic E-state index is 12.2. The number of nitrogens with one attached hydrogen (secondary N) is 2. The number of aromatic hydroxyl groups is 2. The lowest BCUT2D eigenvalue weighted by Gasteiger charge is -2.23. The van der Waals surface area contributed by atoms with Gasteiger partial charge in [-0.05, 0) is 61.2 Å². The average molecular weight is 378 g/mol. The van der Waals surface area contributed by atoms with Gasteiger partial charge in [0.25, 0.3) is 5.91 Å². The Morgan fingerprint density at radius 3 is 2.57 bits per heavy atom. The number of phenolic OH excluding ortho intramolecular Hbond substituents is 1. The zero-order valence-electron chi connectivity index (χ0n) is 15.4. The molecule has 1 fully saturated rings. The highest BCUT2D eigenvalue weighted by Gasteiger charge is 2.22. The van der Waals surface area contributed by atoms with Crippen LogP contribution in [-0.2, 0) is 11.2 Å². The number of piperidine rings is 1. The summed E-state index contributed by atoms with van der Waals surface area (Å²) in [4.78, 5) is 15.1. The zero-order chi connectivity index (χ0) is 19.5. The fraction of sp³-hybridized carbons (Fsp3) is 0.286. The maximum atomic E-state index is 12.2. The van der Waals surface area contributed by atoms with Crippen molar-refractivity contribution < 1.29 is 15.0 Å². The van der Waals surface area contributed by atoms with Gasteiger partial charge >= 0.3 is 0 Å². The number of aromatic amines is 1. The fourth-order valence-electron chi connectivity index (χ4n) is 3.74. The van der Waals surface area contributed by atoms with Crippen molar-refractivity contribution in [1.82, 2.24) is 10.3 Å². The molecule has 3 aromatic rings. The Kier molecular flexibility index (Phi) is 5.08. The molecule has 4 rings (SSSR count). The largest absolute Gasteiger partial charge is 0.508 e. The van der Waals surface area contributed by atoms with E-state index in [9.17, 15) is 15.0 Å². The molecule has 0 aliphatic carbocycles. The number of aromatic nitrogens is 1. The lowest BCUT2D eigenvalue weighted by Crippen LogP contribution is -2.26. The van der Waals surface area contributed by atoms with Gasteiger partial charge in [0.05, 0.1) is 11.9 Å². The van der Waals surface area contributed by atoms with E-state index in [2.05, 4.69) is 26.6 Å². The monoisotopic (exact) mass is 378 g/mol. The van der Waals surface area contributed by atoms with E-state index in [1.54, 1.807) is 12.1 Å². The van der Waals surface area contributed by atoms with Crippen molar-refractivity contribution in [3.05, 3.63) is 53.6 Å². The first-order valence-electron chi connectivity index (χ1n) is 9.38. The Labute approximate surface area is 162 Å². The number of benzene rings is 2. The predicted octanol–water partition coefficient (Wildman–Crippen LogP) is 3.90. The quantitative estimate of drug-likeness (QED) is 0.516. The number of nitrogens with zero attached hydrogens (tertiary/aromatic N) is 2. The minimum atomic E-state index is -0.418. The molecule has 2 heterocycles. The van der Waals surface area contributed by atoms with Crippen LogP contribution in [0.3, 0.4) is 0 Å². The molecule has 2 aromatic carbocycles. The lowest BCUT2D eigenvalue weighted by atomic mass is 9.88. The van der Waals surface area contributed by atoms with Gasteiger partial charge in [-0.25, -0.2) is 0 Å². The second kappa shape index (κ2) is 7.82. The van der Waals surface area contributed by atoms with Crippen LogP contribution < -0.4 is 5.32 Å². The first-order valence-corrected chi connectivity index (χ1v) is 9.38. The Morgan fingerprint density at radius 1 is 1.07 bits per heavy atom. The van der Waals surface area contributed by atoms with Gasteiger partial charge in [0.2, 0.25) is 5.88 Å². The van der Waals surface area contributed by atoms with Crippen LogP contribution in [0.25, 0.3) is 10.9 Å². The van der Waals surface area contributed by atoms with Gasteiger partial charge in [0.15, 0.2) is 5.69 Å². The third kappa shape index (κ3) is 3.75. The van der Waals surface area contributed by atoms with E-state index < -0.39 is 5.91 Å². The topological polar surface area (TPSA) is 110 Å². The van der Waals surface area contributed by atoms with E-state index in [0.717, 1.165) is 48.0 Å². The summed E-state index contributed by atoms with van der Waals surface area (Å²) in [5, 5.41) is 31.7. The summed E-state index contributed by atoms with van der Waals surface area (Å²) in [6.07, 6.45) is 2.11. The summed E-state index contributed by atoms with van der Waals surface area (Å²) < 4.78 is 0. The van der Waals surface area contributed by atoms with Crippen LogP contribution in [0, 0.1) is 0 Å². The molecule has 7 nitrogen and oxygen atoms in total. The minimum absolute atomic E-state index is 0.0774. The third-order valence-electron chi connectivity index (χ3n) is 5.14. The van der Waals surface area contributed by atoms with Gasteiger partial charge in [-0.1, -0.05) is 24.3 Å². The number of H-pyrrole nitrogens is 1. The van der Waals surface area contributed by atoms with Gasteiger partial charge in [-0.15, -0.1) is 10.2 Å².